The molecule has 0 aromatic heterocycles. The van der Waals surface area contributed by atoms with Crippen molar-refractivity contribution in [3.63, 3.8) is 0 Å². The lowest BCUT2D eigenvalue weighted by Crippen LogP contribution is -2.20. The first-order chi connectivity index (χ1) is 21.6. The fraction of sp³-hybridized carbons (Fsp3) is 0.243. The molecule has 1 unspecified atom stereocenters. The zero-order chi connectivity index (χ0) is 29.9. The van der Waals surface area contributed by atoms with Gasteiger partial charge >= 0.3 is 0 Å². The highest BCUT2D eigenvalue weighted by Crippen LogP contribution is 2.38. The summed E-state index contributed by atoms with van der Waals surface area (Å²) in [4.78, 5) is 0. The van der Waals surface area contributed by atoms with Crippen LogP contribution in [0, 0.1) is 5.82 Å². The van der Waals surface area contributed by atoms with Crippen molar-refractivity contribution in [3.8, 4) is 33.8 Å². The van der Waals surface area contributed by atoms with Crippen LogP contribution in [-0.4, -0.2) is 43.5 Å². The van der Waals surface area contributed by atoms with Gasteiger partial charge < -0.3 is 30.5 Å². The Morgan fingerprint density at radius 3 is 2.00 bits per heavy atom. The first-order valence-corrected chi connectivity index (χ1v) is 15.3. The third-order valence-electron chi connectivity index (χ3n) is 8.44. The lowest BCUT2D eigenvalue weighted by molar-refractivity contribution is 0.207. The molecule has 0 radical (unpaired) electrons. The van der Waals surface area contributed by atoms with Gasteiger partial charge in [0.1, 0.15) is 29.5 Å². The Hall–Kier alpha value is -4.43. The molecule has 4 N–H and O–H groups in total. The Morgan fingerprint density at radius 2 is 1.32 bits per heavy atom. The Bertz CT molecular complexity index is 1750. The molecular weight excluding hydrogens is 553 g/mol. The van der Waals surface area contributed by atoms with Gasteiger partial charge in [0.2, 0.25) is 0 Å². The molecule has 6 nitrogen and oxygen atoms in total. The first kappa shape index (κ1) is 28.3. The highest BCUT2D eigenvalue weighted by molar-refractivity contribution is 5.88. The minimum Gasteiger partial charge on any atom is -0.488 e. The number of anilines is 1. The number of hydrogen-bond donors (Lipinski definition) is 4. The minimum atomic E-state index is -0.983. The molecule has 0 amide bonds. The highest BCUT2D eigenvalue weighted by Gasteiger charge is 2.21. The molecular formula is C37H36FN3O3. The van der Waals surface area contributed by atoms with Gasteiger partial charge in [0.15, 0.2) is 6.23 Å². The van der Waals surface area contributed by atoms with Crippen molar-refractivity contribution in [1.82, 2.24) is 10.6 Å². The van der Waals surface area contributed by atoms with Gasteiger partial charge in [-0.3, -0.25) is 0 Å². The van der Waals surface area contributed by atoms with Gasteiger partial charge in [-0.1, -0.05) is 54.6 Å². The van der Waals surface area contributed by atoms with Crippen LogP contribution in [0.25, 0.3) is 33.0 Å². The largest absolute Gasteiger partial charge is 0.488 e. The van der Waals surface area contributed by atoms with Crippen LogP contribution in [0.15, 0.2) is 103 Å². The van der Waals surface area contributed by atoms with Crippen LogP contribution in [0.5, 0.6) is 11.5 Å². The Labute approximate surface area is 256 Å². The van der Waals surface area contributed by atoms with E-state index in [0.717, 1.165) is 83.8 Å². The number of ether oxygens (including phenoxy) is 2. The standard InChI is InChI=1S/C37H36FN3O3/c38-29-10-7-25(8-11-29)34-21-30(12-14-36(34)44-32-16-18-40-23-32)41-37(42)28-9-13-35(43-31-15-17-39-22-31)33(20-28)27-6-5-24-3-1-2-4-26(24)19-27/h1-14,19-21,31-32,37,39-42H,15-18,22-23H2/t31-,32-,37?/m0/s1. The number of nitrogens with one attached hydrogen (secondary N) is 3. The average Bonchev–Trinajstić information content (AvgIpc) is 3.77. The van der Waals surface area contributed by atoms with Gasteiger partial charge in [0.05, 0.1) is 0 Å². The van der Waals surface area contributed by atoms with Gasteiger partial charge in [-0.2, -0.15) is 0 Å². The maximum absolute atomic E-state index is 13.7. The monoisotopic (exact) mass is 589 g/mol. The fourth-order valence-electron chi connectivity index (χ4n) is 6.04. The van der Waals surface area contributed by atoms with E-state index in [9.17, 15) is 9.50 Å². The van der Waals surface area contributed by atoms with Crippen molar-refractivity contribution < 1.29 is 19.0 Å². The van der Waals surface area contributed by atoms with Gasteiger partial charge in [0, 0.05) is 35.5 Å². The van der Waals surface area contributed by atoms with E-state index in [1.54, 1.807) is 12.1 Å². The van der Waals surface area contributed by atoms with Crippen LogP contribution in [0.2, 0.25) is 0 Å². The molecule has 0 aliphatic carbocycles. The van der Waals surface area contributed by atoms with Gasteiger partial charge in [0.25, 0.3) is 0 Å². The second-order valence-electron chi connectivity index (χ2n) is 11.5. The molecule has 44 heavy (non-hydrogen) atoms. The molecule has 2 saturated heterocycles. The van der Waals surface area contributed by atoms with Crippen molar-refractivity contribution in [3.05, 3.63) is 115 Å². The summed E-state index contributed by atoms with van der Waals surface area (Å²) in [5.41, 5.74) is 5.07. The van der Waals surface area contributed by atoms with Crippen LogP contribution >= 0.6 is 0 Å². The predicted molar refractivity (Wildman–Crippen MR) is 174 cm³/mol. The van der Waals surface area contributed by atoms with E-state index >= 15 is 0 Å². The SMILES string of the molecule is OC(Nc1ccc(O[C@H]2CCNC2)c(-c2ccc(F)cc2)c1)c1ccc(O[C@H]2CCNC2)c(-c2ccc3ccccc3c2)c1. The fourth-order valence-corrected chi connectivity index (χ4v) is 6.04. The molecule has 2 heterocycles. The zero-order valence-corrected chi connectivity index (χ0v) is 24.4. The van der Waals surface area contributed by atoms with E-state index in [2.05, 4.69) is 46.3 Å². The number of rotatable bonds is 9. The molecule has 224 valence electrons. The maximum atomic E-state index is 13.7. The number of hydrogen-bond acceptors (Lipinski definition) is 6. The van der Waals surface area contributed by atoms with Crippen LogP contribution in [0.3, 0.4) is 0 Å². The van der Waals surface area contributed by atoms with Gasteiger partial charge in [-0.05, 0) is 96.4 Å². The second-order valence-corrected chi connectivity index (χ2v) is 11.5. The average molecular weight is 590 g/mol. The number of benzene rings is 5. The van der Waals surface area contributed by atoms with Gasteiger partial charge in [-0.15, -0.1) is 0 Å². The van der Waals surface area contributed by atoms with E-state index < -0.39 is 6.23 Å². The highest BCUT2D eigenvalue weighted by atomic mass is 19.1. The molecule has 0 saturated carbocycles. The maximum Gasteiger partial charge on any atom is 0.150 e. The topological polar surface area (TPSA) is 74.8 Å². The molecule has 0 bridgehead atoms. The van der Waals surface area contributed by atoms with Crippen LogP contribution in [0.4, 0.5) is 10.1 Å². The molecule has 3 atom stereocenters. The summed E-state index contributed by atoms with van der Waals surface area (Å²) in [6.45, 7) is 3.47. The number of aliphatic hydroxyl groups is 1. The Balaban J connectivity index is 1.20. The third-order valence-corrected chi connectivity index (χ3v) is 8.44. The van der Waals surface area contributed by atoms with Gasteiger partial charge in [-0.25, -0.2) is 4.39 Å². The molecule has 2 fully saturated rings. The number of halogens is 1. The molecule has 7 rings (SSSR count). The molecule has 7 heteroatoms. The van der Waals surface area contributed by atoms with E-state index in [1.165, 1.54) is 17.5 Å². The molecule has 5 aromatic carbocycles. The van der Waals surface area contributed by atoms with E-state index in [0.29, 0.717) is 5.56 Å². The summed E-state index contributed by atoms with van der Waals surface area (Å²) in [6.07, 6.45) is 1.08. The smallest absolute Gasteiger partial charge is 0.150 e. The quantitative estimate of drug-likeness (QED) is 0.140. The lowest BCUT2D eigenvalue weighted by Gasteiger charge is -2.21. The van der Waals surface area contributed by atoms with E-state index in [1.807, 2.05) is 48.5 Å². The lowest BCUT2D eigenvalue weighted by atomic mass is 9.98. The van der Waals surface area contributed by atoms with Crippen molar-refractivity contribution in [1.29, 1.82) is 0 Å². The van der Waals surface area contributed by atoms with Crippen molar-refractivity contribution in [2.24, 2.45) is 0 Å². The second kappa shape index (κ2) is 12.7. The minimum absolute atomic E-state index is 0.0767. The molecule has 0 spiro atoms. The van der Waals surface area contributed by atoms with Crippen LogP contribution < -0.4 is 25.4 Å². The van der Waals surface area contributed by atoms with Crippen LogP contribution in [-0.2, 0) is 0 Å². The molecule has 5 aromatic rings. The summed E-state index contributed by atoms with van der Waals surface area (Å²) >= 11 is 0. The molecule has 2 aliphatic rings. The third kappa shape index (κ3) is 6.26. The number of aliphatic hydroxyl groups excluding tert-OH is 1. The summed E-state index contributed by atoms with van der Waals surface area (Å²) < 4.78 is 26.5. The van der Waals surface area contributed by atoms with E-state index in [4.69, 9.17) is 9.47 Å². The first-order valence-electron chi connectivity index (χ1n) is 15.3. The Kier molecular flexibility index (Phi) is 8.16. The van der Waals surface area contributed by atoms with Crippen molar-refractivity contribution in [2.75, 3.05) is 31.5 Å². The summed E-state index contributed by atoms with van der Waals surface area (Å²) in [7, 11) is 0. The predicted octanol–water partition coefficient (Wildman–Crippen LogP) is 6.90. The van der Waals surface area contributed by atoms with Crippen LogP contribution in [0.1, 0.15) is 24.6 Å². The Morgan fingerprint density at radius 1 is 0.682 bits per heavy atom. The van der Waals surface area contributed by atoms with Crippen molar-refractivity contribution >= 4 is 16.5 Å². The van der Waals surface area contributed by atoms with E-state index in [-0.39, 0.29) is 18.0 Å². The number of fused-ring (bicyclic) bond motifs is 1. The normalized spacial score (nSPS) is 18.8. The molecule has 2 aliphatic heterocycles. The summed E-state index contributed by atoms with van der Waals surface area (Å²) in [6, 6.07) is 32.7. The summed E-state index contributed by atoms with van der Waals surface area (Å²) in [5, 5.41) is 23.7. The summed E-state index contributed by atoms with van der Waals surface area (Å²) in [5.74, 6) is 1.23. The van der Waals surface area contributed by atoms with Crippen molar-refractivity contribution in [2.45, 2.75) is 31.3 Å². The zero-order valence-electron chi connectivity index (χ0n) is 24.4.